The third-order valence-electron chi connectivity index (χ3n) is 3.29. The number of aryl methyl sites for hydroxylation is 1. The van der Waals surface area contributed by atoms with Crippen molar-refractivity contribution in [3.63, 3.8) is 0 Å². The first-order chi connectivity index (χ1) is 9.00. The smallest absolute Gasteiger partial charge is 0.243 e. The summed E-state index contributed by atoms with van der Waals surface area (Å²) in [6.45, 7) is 1.21. The first-order valence-corrected chi connectivity index (χ1v) is 7.81. The van der Waals surface area contributed by atoms with Crippen LogP contribution in [0.3, 0.4) is 0 Å². The van der Waals surface area contributed by atoms with Gasteiger partial charge in [-0.3, -0.25) is 4.79 Å². The molecule has 19 heavy (non-hydrogen) atoms. The average molecular weight is 282 g/mol. The monoisotopic (exact) mass is 282 g/mol. The molecular formula is C13H18N2O3S. The Labute approximate surface area is 113 Å². The molecule has 1 aliphatic rings. The SMILES string of the molecule is NC(=O)CCc1ccc(S(=O)(=O)N2CCCC2)cc1. The summed E-state index contributed by atoms with van der Waals surface area (Å²) in [4.78, 5) is 11.0. The van der Waals surface area contributed by atoms with Crippen molar-refractivity contribution in [2.75, 3.05) is 13.1 Å². The molecule has 2 rings (SSSR count). The van der Waals surface area contributed by atoms with Gasteiger partial charge in [0.15, 0.2) is 0 Å². The maximum absolute atomic E-state index is 12.3. The van der Waals surface area contributed by atoms with Gasteiger partial charge in [0.25, 0.3) is 0 Å². The van der Waals surface area contributed by atoms with Crippen molar-refractivity contribution >= 4 is 15.9 Å². The Kier molecular flexibility index (Phi) is 4.21. The molecule has 6 heteroatoms. The van der Waals surface area contributed by atoms with Crippen LogP contribution in [-0.4, -0.2) is 31.7 Å². The molecule has 0 aliphatic carbocycles. The number of primary amides is 1. The van der Waals surface area contributed by atoms with Crippen LogP contribution in [0.15, 0.2) is 29.2 Å². The molecule has 0 radical (unpaired) electrons. The van der Waals surface area contributed by atoms with Crippen LogP contribution in [0, 0.1) is 0 Å². The zero-order chi connectivity index (χ0) is 13.9. The summed E-state index contributed by atoms with van der Waals surface area (Å²) in [6.07, 6.45) is 2.67. The van der Waals surface area contributed by atoms with Crippen molar-refractivity contribution in [1.82, 2.24) is 4.31 Å². The van der Waals surface area contributed by atoms with Crippen molar-refractivity contribution in [3.05, 3.63) is 29.8 Å². The number of hydrogen-bond acceptors (Lipinski definition) is 3. The zero-order valence-electron chi connectivity index (χ0n) is 10.7. The van der Waals surface area contributed by atoms with E-state index in [1.807, 2.05) is 0 Å². The minimum atomic E-state index is -3.35. The second kappa shape index (κ2) is 5.71. The Hall–Kier alpha value is -1.40. The van der Waals surface area contributed by atoms with Crippen LogP contribution in [-0.2, 0) is 21.2 Å². The number of benzene rings is 1. The lowest BCUT2D eigenvalue weighted by atomic mass is 10.1. The molecule has 0 saturated carbocycles. The number of sulfonamides is 1. The molecular weight excluding hydrogens is 264 g/mol. The van der Waals surface area contributed by atoms with Gasteiger partial charge in [0.2, 0.25) is 15.9 Å². The summed E-state index contributed by atoms with van der Waals surface area (Å²) in [5, 5.41) is 0. The van der Waals surface area contributed by atoms with Gasteiger partial charge in [0.05, 0.1) is 4.90 Å². The van der Waals surface area contributed by atoms with Crippen molar-refractivity contribution in [3.8, 4) is 0 Å². The molecule has 1 fully saturated rings. The van der Waals surface area contributed by atoms with Gasteiger partial charge in [-0.2, -0.15) is 4.31 Å². The summed E-state index contributed by atoms with van der Waals surface area (Å²) in [5.41, 5.74) is 6.00. The molecule has 0 spiro atoms. The van der Waals surface area contributed by atoms with Crippen LogP contribution in [0.1, 0.15) is 24.8 Å². The second-order valence-electron chi connectivity index (χ2n) is 4.72. The molecule has 1 aromatic rings. The fraction of sp³-hybridized carbons (Fsp3) is 0.462. The van der Waals surface area contributed by atoms with Crippen molar-refractivity contribution in [2.45, 2.75) is 30.6 Å². The number of nitrogens with zero attached hydrogens (tertiary/aromatic N) is 1. The van der Waals surface area contributed by atoms with Gasteiger partial charge in [0, 0.05) is 19.5 Å². The Morgan fingerprint density at radius 3 is 2.26 bits per heavy atom. The van der Waals surface area contributed by atoms with Crippen molar-refractivity contribution < 1.29 is 13.2 Å². The Morgan fingerprint density at radius 2 is 1.74 bits per heavy atom. The van der Waals surface area contributed by atoms with Gasteiger partial charge in [-0.15, -0.1) is 0 Å². The maximum atomic E-state index is 12.3. The van der Waals surface area contributed by atoms with Gasteiger partial charge in [-0.05, 0) is 37.0 Å². The van der Waals surface area contributed by atoms with Crippen LogP contribution in [0.4, 0.5) is 0 Å². The Balaban J connectivity index is 2.11. The highest BCUT2D eigenvalue weighted by Gasteiger charge is 2.26. The largest absolute Gasteiger partial charge is 0.370 e. The van der Waals surface area contributed by atoms with E-state index in [2.05, 4.69) is 0 Å². The molecule has 5 nitrogen and oxygen atoms in total. The molecule has 104 valence electrons. The predicted molar refractivity (Wildman–Crippen MR) is 72.0 cm³/mol. The zero-order valence-corrected chi connectivity index (χ0v) is 11.5. The first-order valence-electron chi connectivity index (χ1n) is 6.37. The molecule has 0 bridgehead atoms. The molecule has 0 unspecified atom stereocenters. The van der Waals surface area contributed by atoms with Crippen LogP contribution in [0.25, 0.3) is 0 Å². The van der Waals surface area contributed by atoms with E-state index >= 15 is 0 Å². The number of carbonyl (C=O) groups is 1. The van der Waals surface area contributed by atoms with E-state index in [0.29, 0.717) is 24.4 Å². The van der Waals surface area contributed by atoms with Gasteiger partial charge < -0.3 is 5.73 Å². The maximum Gasteiger partial charge on any atom is 0.243 e. The molecule has 2 N–H and O–H groups in total. The molecule has 0 aromatic heterocycles. The summed E-state index contributed by atoms with van der Waals surface area (Å²) in [6, 6.07) is 6.69. The highest BCUT2D eigenvalue weighted by atomic mass is 32.2. The molecule has 1 aromatic carbocycles. The van der Waals surface area contributed by atoms with Gasteiger partial charge in [0.1, 0.15) is 0 Å². The van der Waals surface area contributed by atoms with Gasteiger partial charge in [-0.25, -0.2) is 8.42 Å². The number of hydrogen-bond donors (Lipinski definition) is 1. The van der Waals surface area contributed by atoms with E-state index in [9.17, 15) is 13.2 Å². The topological polar surface area (TPSA) is 80.5 Å². The van der Waals surface area contributed by atoms with Crippen molar-refractivity contribution in [2.24, 2.45) is 5.73 Å². The van der Waals surface area contributed by atoms with Crippen LogP contribution in [0.2, 0.25) is 0 Å². The quantitative estimate of drug-likeness (QED) is 0.871. The summed E-state index contributed by atoms with van der Waals surface area (Å²) in [5.74, 6) is -0.353. The number of carbonyl (C=O) groups excluding carboxylic acids is 1. The second-order valence-corrected chi connectivity index (χ2v) is 6.66. The van der Waals surface area contributed by atoms with E-state index in [-0.39, 0.29) is 12.3 Å². The molecule has 1 amide bonds. The third-order valence-corrected chi connectivity index (χ3v) is 5.20. The lowest BCUT2D eigenvalue weighted by molar-refractivity contribution is -0.117. The number of amides is 1. The fourth-order valence-corrected chi connectivity index (χ4v) is 3.69. The summed E-state index contributed by atoms with van der Waals surface area (Å²) < 4.78 is 26.0. The summed E-state index contributed by atoms with van der Waals surface area (Å²) >= 11 is 0. The summed E-state index contributed by atoms with van der Waals surface area (Å²) in [7, 11) is -3.35. The molecule has 1 saturated heterocycles. The standard InChI is InChI=1S/C13H18N2O3S/c14-13(16)8-5-11-3-6-12(7-4-11)19(17,18)15-9-1-2-10-15/h3-4,6-7H,1-2,5,8-10H2,(H2,14,16). The minimum absolute atomic E-state index is 0.276. The van der Waals surface area contributed by atoms with E-state index < -0.39 is 10.0 Å². The number of nitrogens with two attached hydrogens (primary N) is 1. The highest BCUT2D eigenvalue weighted by Crippen LogP contribution is 2.21. The van der Waals surface area contributed by atoms with Crippen LogP contribution < -0.4 is 5.73 Å². The highest BCUT2D eigenvalue weighted by molar-refractivity contribution is 7.89. The van der Waals surface area contributed by atoms with E-state index in [1.54, 1.807) is 24.3 Å². The first kappa shape index (κ1) is 14.0. The lowest BCUT2D eigenvalue weighted by Crippen LogP contribution is -2.27. The fourth-order valence-electron chi connectivity index (χ4n) is 2.17. The third kappa shape index (κ3) is 3.33. The molecule has 1 heterocycles. The minimum Gasteiger partial charge on any atom is -0.370 e. The lowest BCUT2D eigenvalue weighted by Gasteiger charge is -2.15. The van der Waals surface area contributed by atoms with Crippen molar-refractivity contribution in [1.29, 1.82) is 0 Å². The Morgan fingerprint density at radius 1 is 1.16 bits per heavy atom. The van der Waals surface area contributed by atoms with Gasteiger partial charge >= 0.3 is 0 Å². The predicted octanol–water partition coefficient (Wildman–Crippen LogP) is 0.889. The normalized spacial score (nSPS) is 16.6. The van der Waals surface area contributed by atoms with E-state index in [0.717, 1.165) is 18.4 Å². The van der Waals surface area contributed by atoms with Crippen LogP contribution in [0.5, 0.6) is 0 Å². The van der Waals surface area contributed by atoms with E-state index in [4.69, 9.17) is 5.73 Å². The number of rotatable bonds is 5. The van der Waals surface area contributed by atoms with Crippen LogP contribution >= 0.6 is 0 Å². The average Bonchev–Trinajstić information content (AvgIpc) is 2.91. The van der Waals surface area contributed by atoms with E-state index in [1.165, 1.54) is 4.31 Å². The Bertz CT molecular complexity index is 546. The van der Waals surface area contributed by atoms with Gasteiger partial charge in [-0.1, -0.05) is 12.1 Å². The molecule has 1 aliphatic heterocycles. The molecule has 0 atom stereocenters.